The van der Waals surface area contributed by atoms with Crippen LogP contribution in [0.15, 0.2) is 52.9 Å². The highest BCUT2D eigenvalue weighted by Crippen LogP contribution is 2.17. The Bertz CT molecular complexity index is 991. The number of Topliss-reactive ketones (excluding diaryl/α,β-unsaturated/α-hetero) is 1. The van der Waals surface area contributed by atoms with Gasteiger partial charge in [-0.15, -0.1) is 0 Å². The van der Waals surface area contributed by atoms with Gasteiger partial charge in [-0.2, -0.15) is 0 Å². The van der Waals surface area contributed by atoms with Crippen LogP contribution in [0.2, 0.25) is 0 Å². The summed E-state index contributed by atoms with van der Waals surface area (Å²) in [7, 11) is 0. The Labute approximate surface area is 161 Å². The number of nitrogens with zero attached hydrogens (tertiary/aromatic N) is 1. The largest absolute Gasteiger partial charge is 0.453 e. The van der Waals surface area contributed by atoms with Gasteiger partial charge in [-0.25, -0.2) is 4.98 Å². The molecule has 0 spiro atoms. The normalized spacial score (nSPS) is 11.8. The number of benzene rings is 2. The number of amides is 1. The minimum absolute atomic E-state index is 0.0362. The lowest BCUT2D eigenvalue weighted by atomic mass is 10.1. The molecule has 144 valence electrons. The van der Waals surface area contributed by atoms with Gasteiger partial charge in [0.1, 0.15) is 5.52 Å². The topological polar surface area (TPSA) is 98.5 Å². The average molecular weight is 380 g/mol. The molecule has 1 atom stereocenters. The number of nitrogens with one attached hydrogen (secondary N) is 1. The van der Waals surface area contributed by atoms with Crippen molar-refractivity contribution in [3.05, 3.63) is 60.0 Å². The zero-order chi connectivity index (χ0) is 20.1. The molecule has 7 nitrogen and oxygen atoms in total. The third kappa shape index (κ3) is 4.62. The number of hydrogen-bond donors (Lipinski definition) is 1. The van der Waals surface area contributed by atoms with E-state index in [-0.39, 0.29) is 18.6 Å². The smallest absolute Gasteiger partial charge is 0.307 e. The van der Waals surface area contributed by atoms with Crippen molar-refractivity contribution >= 4 is 34.4 Å². The molecule has 0 saturated heterocycles. The zero-order valence-electron chi connectivity index (χ0n) is 15.6. The number of ether oxygens (including phenoxy) is 1. The van der Waals surface area contributed by atoms with E-state index in [0.29, 0.717) is 22.7 Å². The summed E-state index contributed by atoms with van der Waals surface area (Å²) < 4.78 is 10.7. The number of oxazole rings is 1. The second-order valence-electron chi connectivity index (χ2n) is 6.30. The van der Waals surface area contributed by atoms with E-state index < -0.39 is 18.0 Å². The minimum atomic E-state index is -1.00. The highest BCUT2D eigenvalue weighted by atomic mass is 16.5. The number of ketones is 1. The number of anilines is 1. The summed E-state index contributed by atoms with van der Waals surface area (Å²) in [6.45, 7) is 2.89. The fraction of sp³-hybridized carbons (Fsp3) is 0.238. The first-order valence-corrected chi connectivity index (χ1v) is 8.89. The van der Waals surface area contributed by atoms with Crippen LogP contribution in [0.1, 0.15) is 36.5 Å². The van der Waals surface area contributed by atoms with Crippen LogP contribution in [0, 0.1) is 0 Å². The first kappa shape index (κ1) is 19.3. The SMILES string of the molecule is CC(=O)c1ccccc1NC(=O)[C@H](C)OC(=O)CCc1nc2ccccc2o1. The number of carbonyl (C=O) groups is 3. The van der Waals surface area contributed by atoms with Crippen LogP contribution >= 0.6 is 0 Å². The standard InChI is InChI=1S/C21H20N2O5/c1-13(24)15-7-3-4-8-16(15)23-21(26)14(2)27-20(25)12-11-19-22-17-9-5-6-10-18(17)28-19/h3-10,14H,11-12H2,1-2H3,(H,23,26)/t14-/m0/s1. The molecular weight excluding hydrogens is 360 g/mol. The lowest BCUT2D eigenvalue weighted by Gasteiger charge is -2.14. The summed E-state index contributed by atoms with van der Waals surface area (Å²) in [6, 6.07) is 14.0. The molecule has 7 heteroatoms. The van der Waals surface area contributed by atoms with Gasteiger partial charge >= 0.3 is 5.97 Å². The van der Waals surface area contributed by atoms with E-state index in [1.54, 1.807) is 30.3 Å². The maximum absolute atomic E-state index is 12.3. The van der Waals surface area contributed by atoms with Gasteiger partial charge in [0.25, 0.3) is 5.91 Å². The quantitative estimate of drug-likeness (QED) is 0.497. The average Bonchev–Trinajstić information content (AvgIpc) is 3.09. The molecule has 0 aliphatic carbocycles. The Hall–Kier alpha value is -3.48. The van der Waals surface area contributed by atoms with Crippen LogP contribution in [0.3, 0.4) is 0 Å². The maximum atomic E-state index is 12.3. The van der Waals surface area contributed by atoms with E-state index in [1.807, 2.05) is 18.2 Å². The Morgan fingerprint density at radius 3 is 2.57 bits per heavy atom. The van der Waals surface area contributed by atoms with Crippen LogP contribution in [-0.2, 0) is 20.7 Å². The summed E-state index contributed by atoms with van der Waals surface area (Å²) in [5.41, 5.74) is 2.16. The Morgan fingerprint density at radius 1 is 1.11 bits per heavy atom. The molecule has 3 aromatic rings. The van der Waals surface area contributed by atoms with Gasteiger partial charge in [0.2, 0.25) is 0 Å². The van der Waals surface area contributed by atoms with Gasteiger partial charge < -0.3 is 14.5 Å². The van der Waals surface area contributed by atoms with Crippen molar-refractivity contribution in [2.75, 3.05) is 5.32 Å². The molecule has 0 fully saturated rings. The molecule has 1 heterocycles. The minimum Gasteiger partial charge on any atom is -0.453 e. The van der Waals surface area contributed by atoms with Crippen molar-refractivity contribution < 1.29 is 23.5 Å². The second kappa shape index (κ2) is 8.47. The Morgan fingerprint density at radius 2 is 1.82 bits per heavy atom. The van der Waals surface area contributed by atoms with E-state index in [2.05, 4.69) is 10.3 Å². The van der Waals surface area contributed by atoms with E-state index in [0.717, 1.165) is 5.52 Å². The number of fused-ring (bicyclic) bond motifs is 1. The van der Waals surface area contributed by atoms with Gasteiger partial charge in [0.05, 0.1) is 12.1 Å². The monoisotopic (exact) mass is 380 g/mol. The molecule has 1 aromatic heterocycles. The molecule has 0 radical (unpaired) electrons. The number of para-hydroxylation sites is 3. The summed E-state index contributed by atoms with van der Waals surface area (Å²) in [4.78, 5) is 40.3. The summed E-state index contributed by atoms with van der Waals surface area (Å²) >= 11 is 0. The Balaban J connectivity index is 1.53. The van der Waals surface area contributed by atoms with Crippen molar-refractivity contribution in [1.29, 1.82) is 0 Å². The van der Waals surface area contributed by atoms with Crippen molar-refractivity contribution in [1.82, 2.24) is 4.98 Å². The number of hydrogen-bond acceptors (Lipinski definition) is 6. The highest BCUT2D eigenvalue weighted by molar-refractivity contribution is 6.04. The first-order chi connectivity index (χ1) is 13.4. The van der Waals surface area contributed by atoms with Crippen LogP contribution in [-0.4, -0.2) is 28.7 Å². The second-order valence-corrected chi connectivity index (χ2v) is 6.30. The molecule has 0 bridgehead atoms. The number of aromatic nitrogens is 1. The molecule has 0 saturated carbocycles. The number of aryl methyl sites for hydroxylation is 1. The Kier molecular flexibility index (Phi) is 5.84. The van der Waals surface area contributed by atoms with E-state index >= 15 is 0 Å². The number of carbonyl (C=O) groups excluding carboxylic acids is 3. The molecule has 0 aliphatic rings. The van der Waals surface area contributed by atoms with Gasteiger partial charge in [-0.3, -0.25) is 14.4 Å². The van der Waals surface area contributed by atoms with Crippen LogP contribution < -0.4 is 5.32 Å². The number of esters is 1. The highest BCUT2D eigenvalue weighted by Gasteiger charge is 2.20. The molecule has 1 amide bonds. The lowest BCUT2D eigenvalue weighted by molar-refractivity contribution is -0.153. The van der Waals surface area contributed by atoms with Crippen molar-refractivity contribution in [3.63, 3.8) is 0 Å². The molecule has 2 aromatic carbocycles. The molecule has 1 N–H and O–H groups in total. The molecule has 0 aliphatic heterocycles. The first-order valence-electron chi connectivity index (χ1n) is 8.89. The fourth-order valence-corrected chi connectivity index (χ4v) is 2.68. The van der Waals surface area contributed by atoms with Gasteiger partial charge in [-0.1, -0.05) is 24.3 Å². The predicted octanol–water partition coefficient (Wildman–Crippen LogP) is 3.53. The zero-order valence-corrected chi connectivity index (χ0v) is 15.6. The summed E-state index contributed by atoms with van der Waals surface area (Å²) in [5, 5.41) is 2.62. The van der Waals surface area contributed by atoms with Crippen LogP contribution in [0.25, 0.3) is 11.1 Å². The van der Waals surface area contributed by atoms with E-state index in [1.165, 1.54) is 13.8 Å². The third-order valence-corrected chi connectivity index (χ3v) is 4.12. The number of rotatable bonds is 7. The third-order valence-electron chi connectivity index (χ3n) is 4.12. The van der Waals surface area contributed by atoms with Crippen LogP contribution in [0.4, 0.5) is 5.69 Å². The summed E-state index contributed by atoms with van der Waals surface area (Å²) in [6.07, 6.45) is -0.695. The van der Waals surface area contributed by atoms with Crippen molar-refractivity contribution in [2.24, 2.45) is 0 Å². The van der Waals surface area contributed by atoms with Gasteiger partial charge in [0.15, 0.2) is 23.4 Å². The molecular formula is C21H20N2O5. The van der Waals surface area contributed by atoms with Crippen molar-refractivity contribution in [2.45, 2.75) is 32.8 Å². The van der Waals surface area contributed by atoms with Gasteiger partial charge in [-0.05, 0) is 38.1 Å². The lowest BCUT2D eigenvalue weighted by Crippen LogP contribution is -2.30. The fourth-order valence-electron chi connectivity index (χ4n) is 2.68. The van der Waals surface area contributed by atoms with Gasteiger partial charge in [0, 0.05) is 12.0 Å². The maximum Gasteiger partial charge on any atom is 0.307 e. The molecule has 28 heavy (non-hydrogen) atoms. The van der Waals surface area contributed by atoms with Crippen molar-refractivity contribution in [3.8, 4) is 0 Å². The molecule has 0 unspecified atom stereocenters. The predicted molar refractivity (Wildman–Crippen MR) is 103 cm³/mol. The van der Waals surface area contributed by atoms with E-state index in [4.69, 9.17) is 9.15 Å². The summed E-state index contributed by atoms with van der Waals surface area (Å²) in [5.74, 6) is -0.779. The molecule has 3 rings (SSSR count). The van der Waals surface area contributed by atoms with Crippen LogP contribution in [0.5, 0.6) is 0 Å². The van der Waals surface area contributed by atoms with E-state index in [9.17, 15) is 14.4 Å².